The number of nitrogens with zero attached hydrogens (tertiary/aromatic N) is 1. The standard InChI is InChI=1S/C21H25NO/c1-16(2)18-10-12-20(13-11-18)23-14-6-8-19(15-22)21-9-5-4-7-17(21)3/h4-5,7,9-13,16,19H,6,8,14H2,1-3H3. The van der Waals surface area contributed by atoms with E-state index >= 15 is 0 Å². The van der Waals surface area contributed by atoms with Gasteiger partial charge >= 0.3 is 0 Å². The lowest BCUT2D eigenvalue weighted by atomic mass is 9.92. The Balaban J connectivity index is 1.82. The van der Waals surface area contributed by atoms with Crippen molar-refractivity contribution in [1.29, 1.82) is 5.26 Å². The highest BCUT2D eigenvalue weighted by atomic mass is 16.5. The predicted molar refractivity (Wildman–Crippen MR) is 94.8 cm³/mol. The van der Waals surface area contributed by atoms with Crippen LogP contribution in [0.1, 0.15) is 55.2 Å². The molecule has 0 bridgehead atoms. The van der Waals surface area contributed by atoms with E-state index in [1.807, 2.05) is 24.3 Å². The van der Waals surface area contributed by atoms with E-state index in [-0.39, 0.29) is 5.92 Å². The topological polar surface area (TPSA) is 33.0 Å². The van der Waals surface area contributed by atoms with Gasteiger partial charge in [0.2, 0.25) is 0 Å². The van der Waals surface area contributed by atoms with E-state index in [1.54, 1.807) is 0 Å². The molecule has 0 amide bonds. The second kappa shape index (κ2) is 8.39. The fourth-order valence-electron chi connectivity index (χ4n) is 2.69. The molecule has 2 rings (SSSR count). The largest absolute Gasteiger partial charge is 0.494 e. The summed E-state index contributed by atoms with van der Waals surface area (Å²) in [5.41, 5.74) is 3.64. The Kier molecular flexibility index (Phi) is 6.23. The van der Waals surface area contributed by atoms with Crippen molar-refractivity contribution >= 4 is 0 Å². The first-order chi connectivity index (χ1) is 11.1. The molecule has 0 aromatic heterocycles. The third-order valence-corrected chi connectivity index (χ3v) is 4.17. The van der Waals surface area contributed by atoms with Crippen LogP contribution in [0.2, 0.25) is 0 Å². The minimum Gasteiger partial charge on any atom is -0.494 e. The molecule has 2 aromatic rings. The van der Waals surface area contributed by atoms with Crippen LogP contribution in [-0.4, -0.2) is 6.61 Å². The Labute approximate surface area is 139 Å². The summed E-state index contributed by atoms with van der Waals surface area (Å²) in [6, 6.07) is 18.8. The predicted octanol–water partition coefficient (Wildman–Crippen LogP) is 5.58. The smallest absolute Gasteiger partial charge is 0.119 e. The van der Waals surface area contributed by atoms with E-state index in [9.17, 15) is 5.26 Å². The molecule has 0 heterocycles. The Bertz CT molecular complexity index is 652. The fourth-order valence-corrected chi connectivity index (χ4v) is 2.69. The second-order valence-electron chi connectivity index (χ2n) is 6.25. The summed E-state index contributed by atoms with van der Waals surface area (Å²) in [7, 11) is 0. The number of nitriles is 1. The first-order valence-corrected chi connectivity index (χ1v) is 8.29. The number of benzene rings is 2. The van der Waals surface area contributed by atoms with Crippen molar-refractivity contribution in [2.75, 3.05) is 6.61 Å². The summed E-state index contributed by atoms with van der Waals surface area (Å²) >= 11 is 0. The molecule has 0 saturated heterocycles. The van der Waals surface area contributed by atoms with Gasteiger partial charge in [0.1, 0.15) is 5.75 Å². The van der Waals surface area contributed by atoms with E-state index in [0.717, 1.165) is 24.2 Å². The third kappa shape index (κ3) is 4.86. The average Bonchev–Trinajstić information content (AvgIpc) is 2.56. The number of hydrogen-bond donors (Lipinski definition) is 0. The first-order valence-electron chi connectivity index (χ1n) is 8.29. The van der Waals surface area contributed by atoms with Gasteiger partial charge in [0.15, 0.2) is 0 Å². The summed E-state index contributed by atoms with van der Waals surface area (Å²) in [6.07, 6.45) is 1.70. The third-order valence-electron chi connectivity index (χ3n) is 4.17. The number of aryl methyl sites for hydroxylation is 1. The average molecular weight is 307 g/mol. The van der Waals surface area contributed by atoms with Gasteiger partial charge < -0.3 is 4.74 Å². The molecule has 0 aliphatic carbocycles. The molecule has 0 aliphatic rings. The summed E-state index contributed by atoms with van der Waals surface area (Å²) in [4.78, 5) is 0. The van der Waals surface area contributed by atoms with Gasteiger partial charge in [-0.2, -0.15) is 5.26 Å². The van der Waals surface area contributed by atoms with Gasteiger partial charge in [-0.3, -0.25) is 0 Å². The highest BCUT2D eigenvalue weighted by Crippen LogP contribution is 2.24. The van der Waals surface area contributed by atoms with Crippen LogP contribution in [0.3, 0.4) is 0 Å². The second-order valence-corrected chi connectivity index (χ2v) is 6.25. The van der Waals surface area contributed by atoms with Gasteiger partial charge in [-0.1, -0.05) is 50.2 Å². The van der Waals surface area contributed by atoms with Crippen molar-refractivity contribution in [1.82, 2.24) is 0 Å². The van der Waals surface area contributed by atoms with Crippen LogP contribution in [0.4, 0.5) is 0 Å². The molecule has 2 nitrogen and oxygen atoms in total. The van der Waals surface area contributed by atoms with Gasteiger partial charge in [0.05, 0.1) is 18.6 Å². The maximum atomic E-state index is 9.41. The van der Waals surface area contributed by atoms with E-state index in [1.165, 1.54) is 11.1 Å². The van der Waals surface area contributed by atoms with Crippen LogP contribution < -0.4 is 4.74 Å². The van der Waals surface area contributed by atoms with Crippen LogP contribution in [0.5, 0.6) is 5.75 Å². The quantitative estimate of drug-likeness (QED) is 0.625. The lowest BCUT2D eigenvalue weighted by molar-refractivity contribution is 0.305. The van der Waals surface area contributed by atoms with Crippen LogP contribution in [-0.2, 0) is 0 Å². The maximum Gasteiger partial charge on any atom is 0.119 e. The number of rotatable bonds is 7. The fraction of sp³-hybridized carbons (Fsp3) is 0.381. The molecular weight excluding hydrogens is 282 g/mol. The van der Waals surface area contributed by atoms with E-state index in [0.29, 0.717) is 12.5 Å². The minimum atomic E-state index is -0.0527. The molecule has 0 fully saturated rings. The van der Waals surface area contributed by atoms with Crippen molar-refractivity contribution < 1.29 is 4.74 Å². The van der Waals surface area contributed by atoms with Gasteiger partial charge in [-0.15, -0.1) is 0 Å². The molecule has 23 heavy (non-hydrogen) atoms. The molecular formula is C21H25NO. The molecule has 0 saturated carbocycles. The van der Waals surface area contributed by atoms with Crippen LogP contribution in [0.25, 0.3) is 0 Å². The van der Waals surface area contributed by atoms with Gasteiger partial charge in [-0.25, -0.2) is 0 Å². The molecule has 1 unspecified atom stereocenters. The Morgan fingerprint density at radius 3 is 2.35 bits per heavy atom. The van der Waals surface area contributed by atoms with E-state index in [2.05, 4.69) is 51.1 Å². The molecule has 1 atom stereocenters. The summed E-state index contributed by atoms with van der Waals surface area (Å²) in [5, 5.41) is 9.41. The molecule has 120 valence electrons. The maximum absolute atomic E-state index is 9.41. The minimum absolute atomic E-state index is 0.0527. The monoisotopic (exact) mass is 307 g/mol. The Morgan fingerprint density at radius 2 is 1.74 bits per heavy atom. The van der Waals surface area contributed by atoms with Crippen molar-refractivity contribution in [3.8, 4) is 11.8 Å². The summed E-state index contributed by atoms with van der Waals surface area (Å²) in [5.74, 6) is 1.39. The Hall–Kier alpha value is -2.27. The van der Waals surface area contributed by atoms with Crippen molar-refractivity contribution in [3.63, 3.8) is 0 Å². The molecule has 0 radical (unpaired) electrons. The van der Waals surface area contributed by atoms with Crippen molar-refractivity contribution in [2.45, 2.75) is 45.4 Å². The highest BCUT2D eigenvalue weighted by molar-refractivity contribution is 5.32. The molecule has 2 heteroatoms. The van der Waals surface area contributed by atoms with E-state index in [4.69, 9.17) is 4.74 Å². The molecule has 2 aromatic carbocycles. The molecule has 0 N–H and O–H groups in total. The molecule has 0 spiro atoms. The SMILES string of the molecule is Cc1ccccc1C(C#N)CCCOc1ccc(C(C)C)cc1. The van der Waals surface area contributed by atoms with Gasteiger partial charge in [0.25, 0.3) is 0 Å². The number of hydrogen-bond acceptors (Lipinski definition) is 2. The summed E-state index contributed by atoms with van der Waals surface area (Å²) in [6.45, 7) is 7.07. The normalized spacial score (nSPS) is 12.0. The molecule has 0 aliphatic heterocycles. The lowest BCUT2D eigenvalue weighted by Crippen LogP contribution is -2.03. The zero-order valence-corrected chi connectivity index (χ0v) is 14.3. The Morgan fingerprint density at radius 1 is 1.04 bits per heavy atom. The van der Waals surface area contributed by atoms with E-state index < -0.39 is 0 Å². The highest BCUT2D eigenvalue weighted by Gasteiger charge is 2.12. The van der Waals surface area contributed by atoms with Gasteiger partial charge in [0, 0.05) is 0 Å². The number of ether oxygens (including phenoxy) is 1. The van der Waals surface area contributed by atoms with Gasteiger partial charge in [-0.05, 0) is 54.5 Å². The van der Waals surface area contributed by atoms with Crippen LogP contribution in [0.15, 0.2) is 48.5 Å². The zero-order valence-electron chi connectivity index (χ0n) is 14.3. The summed E-state index contributed by atoms with van der Waals surface area (Å²) < 4.78 is 5.79. The lowest BCUT2D eigenvalue weighted by Gasteiger charge is -2.13. The zero-order chi connectivity index (χ0) is 16.7. The first kappa shape index (κ1) is 17.1. The van der Waals surface area contributed by atoms with Crippen molar-refractivity contribution in [2.24, 2.45) is 0 Å². The van der Waals surface area contributed by atoms with Crippen LogP contribution >= 0.6 is 0 Å². The van der Waals surface area contributed by atoms with Crippen LogP contribution in [0, 0.1) is 18.3 Å². The van der Waals surface area contributed by atoms with Crippen molar-refractivity contribution in [3.05, 3.63) is 65.2 Å².